The fourth-order valence-corrected chi connectivity index (χ4v) is 2.89. The summed E-state index contributed by atoms with van der Waals surface area (Å²) in [5.41, 5.74) is 1.39. The molecule has 0 aliphatic heterocycles. The van der Waals surface area contributed by atoms with Gasteiger partial charge >= 0.3 is 0 Å². The molecule has 1 amide bonds. The molecule has 0 unspecified atom stereocenters. The van der Waals surface area contributed by atoms with E-state index in [0.29, 0.717) is 11.5 Å². The maximum Gasteiger partial charge on any atom is 0.295 e. The van der Waals surface area contributed by atoms with E-state index in [1.54, 1.807) is 36.9 Å². The molecular formula is C18H16IN3O3. The van der Waals surface area contributed by atoms with Gasteiger partial charge in [-0.25, -0.2) is 4.68 Å². The molecule has 0 spiro atoms. The minimum absolute atomic E-state index is 0.259. The Labute approximate surface area is 157 Å². The number of furan rings is 1. The van der Waals surface area contributed by atoms with Crippen LogP contribution < -0.4 is 10.9 Å². The van der Waals surface area contributed by atoms with E-state index in [9.17, 15) is 9.59 Å². The van der Waals surface area contributed by atoms with E-state index >= 15 is 0 Å². The van der Waals surface area contributed by atoms with Crippen molar-refractivity contribution in [2.24, 2.45) is 7.05 Å². The molecule has 128 valence electrons. The van der Waals surface area contributed by atoms with Crippen LogP contribution in [0, 0.1) is 10.7 Å². The number of carbonyl (C=O) groups is 1. The van der Waals surface area contributed by atoms with Crippen LogP contribution in [0.15, 0.2) is 57.8 Å². The van der Waals surface area contributed by atoms with Gasteiger partial charge in [-0.1, -0.05) is 18.2 Å². The number of para-hydroxylation sites is 1. The zero-order chi connectivity index (χ0) is 18.0. The number of amides is 1. The zero-order valence-electron chi connectivity index (χ0n) is 13.7. The summed E-state index contributed by atoms with van der Waals surface area (Å²) in [7, 11) is 1.78. The Balaban J connectivity index is 1.87. The number of nitrogens with zero attached hydrogens (tertiary/aromatic N) is 2. The molecule has 2 heterocycles. The summed E-state index contributed by atoms with van der Waals surface area (Å²) in [5, 5.41) is 2.66. The molecule has 25 heavy (non-hydrogen) atoms. The van der Waals surface area contributed by atoms with Crippen LogP contribution in [0.4, 0.5) is 5.69 Å². The van der Waals surface area contributed by atoms with Gasteiger partial charge in [-0.3, -0.25) is 14.3 Å². The Hall–Kier alpha value is -2.55. The van der Waals surface area contributed by atoms with E-state index < -0.39 is 5.91 Å². The Morgan fingerprint density at radius 2 is 1.92 bits per heavy atom. The van der Waals surface area contributed by atoms with Gasteiger partial charge in [0.1, 0.15) is 11.4 Å². The maximum atomic E-state index is 12.7. The topological polar surface area (TPSA) is 69.2 Å². The number of benzene rings is 1. The summed E-state index contributed by atoms with van der Waals surface area (Å²) in [6.07, 6.45) is 2.90. The lowest BCUT2D eigenvalue weighted by atomic mass is 10.3. The standard InChI is InChI=1S/C18H16IN3O3/c1-12-17(20-16(23)11-9-14-8-10-15(19)25-14)18(24)22(21(12)2)13-6-4-3-5-7-13/h3-11H,1-2H3,(H,20,23)/b11-9+. The zero-order valence-corrected chi connectivity index (χ0v) is 15.9. The first-order chi connectivity index (χ1) is 12.0. The summed E-state index contributed by atoms with van der Waals surface area (Å²) in [5.74, 6) is 0.184. The van der Waals surface area contributed by atoms with Gasteiger partial charge < -0.3 is 9.73 Å². The highest BCUT2D eigenvalue weighted by Crippen LogP contribution is 2.15. The number of anilines is 1. The van der Waals surface area contributed by atoms with Crippen LogP contribution in [0.2, 0.25) is 0 Å². The Bertz CT molecular complexity index is 996. The molecule has 0 atom stereocenters. The first-order valence-corrected chi connectivity index (χ1v) is 8.63. The maximum absolute atomic E-state index is 12.7. The molecule has 3 aromatic rings. The molecule has 0 fully saturated rings. The number of carbonyl (C=O) groups excluding carboxylic acids is 1. The molecule has 1 N–H and O–H groups in total. The molecule has 1 aromatic carbocycles. The number of hydrogen-bond donors (Lipinski definition) is 1. The SMILES string of the molecule is Cc1c(NC(=O)/C=C/c2ccc(I)o2)c(=O)n(-c2ccccc2)n1C. The van der Waals surface area contributed by atoms with Gasteiger partial charge in [-0.2, -0.15) is 0 Å². The Morgan fingerprint density at radius 1 is 1.20 bits per heavy atom. The first kappa shape index (κ1) is 17.3. The van der Waals surface area contributed by atoms with Gasteiger partial charge in [0.2, 0.25) is 5.91 Å². The van der Waals surface area contributed by atoms with Crippen molar-refractivity contribution in [2.75, 3.05) is 5.32 Å². The molecule has 3 rings (SSSR count). The van der Waals surface area contributed by atoms with Crippen LogP contribution in [0.3, 0.4) is 0 Å². The van der Waals surface area contributed by atoms with Crippen molar-refractivity contribution in [3.63, 3.8) is 0 Å². The predicted molar refractivity (Wildman–Crippen MR) is 105 cm³/mol. The molecule has 7 heteroatoms. The van der Waals surface area contributed by atoms with Crippen molar-refractivity contribution in [1.29, 1.82) is 0 Å². The molecule has 0 bridgehead atoms. The van der Waals surface area contributed by atoms with E-state index in [0.717, 1.165) is 9.45 Å². The Morgan fingerprint density at radius 3 is 2.56 bits per heavy atom. The fraction of sp³-hybridized carbons (Fsp3) is 0.111. The number of halogens is 1. The summed E-state index contributed by atoms with van der Waals surface area (Å²) in [6, 6.07) is 12.8. The molecular weight excluding hydrogens is 433 g/mol. The molecule has 0 aliphatic rings. The van der Waals surface area contributed by atoms with E-state index in [2.05, 4.69) is 5.32 Å². The summed E-state index contributed by atoms with van der Waals surface area (Å²) in [4.78, 5) is 24.9. The van der Waals surface area contributed by atoms with Crippen LogP contribution >= 0.6 is 22.6 Å². The predicted octanol–water partition coefficient (Wildman–Crippen LogP) is 3.33. The molecule has 2 aromatic heterocycles. The van der Waals surface area contributed by atoms with Gasteiger partial charge in [-0.15, -0.1) is 0 Å². The van der Waals surface area contributed by atoms with E-state index in [4.69, 9.17) is 4.42 Å². The van der Waals surface area contributed by atoms with Gasteiger partial charge in [0.05, 0.1) is 11.4 Å². The van der Waals surface area contributed by atoms with E-state index in [1.165, 1.54) is 10.8 Å². The molecule has 6 nitrogen and oxygen atoms in total. The van der Waals surface area contributed by atoms with Gasteiger partial charge in [0, 0.05) is 13.1 Å². The number of hydrogen-bond acceptors (Lipinski definition) is 3. The number of rotatable bonds is 4. The van der Waals surface area contributed by atoms with Gasteiger partial charge in [0.25, 0.3) is 5.56 Å². The summed E-state index contributed by atoms with van der Waals surface area (Å²) >= 11 is 2.05. The molecule has 0 saturated heterocycles. The minimum Gasteiger partial charge on any atom is -0.451 e. The quantitative estimate of drug-likeness (QED) is 0.491. The Kier molecular flexibility index (Phi) is 4.93. The molecule has 0 radical (unpaired) electrons. The second-order valence-corrected chi connectivity index (χ2v) is 6.46. The van der Waals surface area contributed by atoms with Crippen molar-refractivity contribution in [3.8, 4) is 5.69 Å². The number of nitrogens with one attached hydrogen (secondary N) is 1. The third-order valence-electron chi connectivity index (χ3n) is 3.80. The van der Waals surface area contributed by atoms with Crippen molar-refractivity contribution in [3.05, 3.63) is 74.1 Å². The normalized spacial score (nSPS) is 11.2. The van der Waals surface area contributed by atoms with Crippen LogP contribution in [-0.2, 0) is 11.8 Å². The summed E-state index contributed by atoms with van der Waals surface area (Å²) in [6.45, 7) is 1.79. The third kappa shape index (κ3) is 3.60. The number of aromatic nitrogens is 2. The van der Waals surface area contributed by atoms with Crippen LogP contribution in [0.25, 0.3) is 11.8 Å². The van der Waals surface area contributed by atoms with E-state index in [-0.39, 0.29) is 11.2 Å². The first-order valence-electron chi connectivity index (χ1n) is 7.56. The average molecular weight is 449 g/mol. The highest BCUT2D eigenvalue weighted by molar-refractivity contribution is 14.1. The lowest BCUT2D eigenvalue weighted by Gasteiger charge is -2.07. The van der Waals surface area contributed by atoms with Gasteiger partial charge in [-0.05, 0) is 59.9 Å². The molecule has 0 saturated carbocycles. The van der Waals surface area contributed by atoms with E-state index in [1.807, 2.05) is 52.9 Å². The average Bonchev–Trinajstić information content (AvgIpc) is 3.11. The van der Waals surface area contributed by atoms with Crippen LogP contribution in [0.5, 0.6) is 0 Å². The van der Waals surface area contributed by atoms with Gasteiger partial charge in [0.15, 0.2) is 3.77 Å². The second-order valence-electron chi connectivity index (χ2n) is 5.40. The fourth-order valence-electron chi connectivity index (χ4n) is 2.45. The van der Waals surface area contributed by atoms with Crippen molar-refractivity contribution >= 4 is 40.3 Å². The monoisotopic (exact) mass is 449 g/mol. The third-order valence-corrected chi connectivity index (χ3v) is 4.38. The largest absolute Gasteiger partial charge is 0.451 e. The highest BCUT2D eigenvalue weighted by atomic mass is 127. The second kappa shape index (κ2) is 7.14. The van der Waals surface area contributed by atoms with Crippen molar-refractivity contribution < 1.29 is 9.21 Å². The lowest BCUT2D eigenvalue weighted by Crippen LogP contribution is -2.22. The van der Waals surface area contributed by atoms with Crippen LogP contribution in [0.1, 0.15) is 11.5 Å². The molecule has 0 aliphatic carbocycles. The highest BCUT2D eigenvalue weighted by Gasteiger charge is 2.17. The minimum atomic E-state index is -0.391. The lowest BCUT2D eigenvalue weighted by molar-refractivity contribution is -0.111. The summed E-state index contributed by atoms with van der Waals surface area (Å²) < 4.78 is 9.33. The van der Waals surface area contributed by atoms with Crippen molar-refractivity contribution in [1.82, 2.24) is 9.36 Å². The smallest absolute Gasteiger partial charge is 0.295 e. The van der Waals surface area contributed by atoms with Crippen LogP contribution in [-0.4, -0.2) is 15.3 Å². The van der Waals surface area contributed by atoms with Crippen molar-refractivity contribution in [2.45, 2.75) is 6.92 Å².